The zero-order valence-corrected chi connectivity index (χ0v) is 19.6. The molecular formula is C31H30N2O. The molecule has 0 radical (unpaired) electrons. The molecule has 1 amide bonds. The van der Waals surface area contributed by atoms with Crippen LogP contribution < -0.4 is 0 Å². The smallest absolute Gasteiger partial charge is 0.254 e. The third kappa shape index (κ3) is 4.66. The summed E-state index contributed by atoms with van der Waals surface area (Å²) in [7, 11) is 0. The van der Waals surface area contributed by atoms with Crippen molar-refractivity contribution in [3.8, 4) is 11.1 Å². The van der Waals surface area contributed by atoms with Crippen LogP contribution >= 0.6 is 0 Å². The van der Waals surface area contributed by atoms with Gasteiger partial charge in [-0.25, -0.2) is 0 Å². The third-order valence-electron chi connectivity index (χ3n) is 6.77. The van der Waals surface area contributed by atoms with Crippen molar-refractivity contribution in [3.05, 3.63) is 131 Å². The summed E-state index contributed by atoms with van der Waals surface area (Å²) in [6, 6.07) is 38.0. The van der Waals surface area contributed by atoms with E-state index >= 15 is 0 Å². The maximum Gasteiger partial charge on any atom is 0.254 e. The van der Waals surface area contributed by atoms with Crippen LogP contribution in [0.4, 0.5) is 0 Å². The quantitative estimate of drug-likeness (QED) is 0.364. The Bertz CT molecular complexity index is 1190. The van der Waals surface area contributed by atoms with E-state index in [-0.39, 0.29) is 11.9 Å². The summed E-state index contributed by atoms with van der Waals surface area (Å²) in [5, 5.41) is 0. The Morgan fingerprint density at radius 2 is 1.18 bits per heavy atom. The van der Waals surface area contributed by atoms with E-state index in [0.29, 0.717) is 0 Å². The zero-order chi connectivity index (χ0) is 23.3. The van der Waals surface area contributed by atoms with E-state index in [0.717, 1.165) is 48.4 Å². The van der Waals surface area contributed by atoms with Gasteiger partial charge in [-0.3, -0.25) is 9.69 Å². The molecule has 4 aromatic rings. The number of piperazine rings is 1. The molecule has 0 saturated carbocycles. The Hall–Kier alpha value is -3.69. The number of nitrogens with zero attached hydrogens (tertiary/aromatic N) is 2. The highest BCUT2D eigenvalue weighted by atomic mass is 16.2. The minimum absolute atomic E-state index is 0.130. The minimum atomic E-state index is 0.130. The number of amides is 1. The van der Waals surface area contributed by atoms with Crippen molar-refractivity contribution >= 4 is 5.91 Å². The van der Waals surface area contributed by atoms with Gasteiger partial charge in [0.1, 0.15) is 0 Å². The zero-order valence-electron chi connectivity index (χ0n) is 19.6. The van der Waals surface area contributed by atoms with Gasteiger partial charge in [-0.1, -0.05) is 103 Å². The fraction of sp³-hybridized carbons (Fsp3) is 0.194. The van der Waals surface area contributed by atoms with Crippen molar-refractivity contribution in [2.45, 2.75) is 13.0 Å². The minimum Gasteiger partial charge on any atom is -0.336 e. The molecule has 3 nitrogen and oxygen atoms in total. The summed E-state index contributed by atoms with van der Waals surface area (Å²) in [5.74, 6) is 0.130. The average molecular weight is 447 g/mol. The molecule has 170 valence electrons. The van der Waals surface area contributed by atoms with Crippen molar-refractivity contribution in [3.63, 3.8) is 0 Å². The Balaban J connectivity index is 1.34. The van der Waals surface area contributed by atoms with Crippen LogP contribution in [0.2, 0.25) is 0 Å². The van der Waals surface area contributed by atoms with E-state index in [9.17, 15) is 4.79 Å². The van der Waals surface area contributed by atoms with Gasteiger partial charge in [-0.05, 0) is 40.8 Å². The van der Waals surface area contributed by atoms with Crippen molar-refractivity contribution in [1.82, 2.24) is 9.80 Å². The van der Waals surface area contributed by atoms with Gasteiger partial charge in [0.2, 0.25) is 0 Å². The van der Waals surface area contributed by atoms with Gasteiger partial charge < -0.3 is 4.90 Å². The van der Waals surface area contributed by atoms with Crippen LogP contribution in [0.15, 0.2) is 109 Å². The highest BCUT2D eigenvalue weighted by molar-refractivity contribution is 5.97. The van der Waals surface area contributed by atoms with Crippen LogP contribution in [-0.2, 0) is 0 Å². The molecule has 1 aliphatic heterocycles. The van der Waals surface area contributed by atoms with Crippen molar-refractivity contribution < 1.29 is 4.79 Å². The first-order chi connectivity index (χ1) is 16.7. The number of hydrogen-bond donors (Lipinski definition) is 0. The monoisotopic (exact) mass is 446 g/mol. The van der Waals surface area contributed by atoms with Crippen LogP contribution in [0, 0.1) is 6.92 Å². The molecule has 0 atom stereocenters. The Kier molecular flexibility index (Phi) is 6.55. The van der Waals surface area contributed by atoms with E-state index in [1.165, 1.54) is 11.1 Å². The number of carbonyl (C=O) groups excluding carboxylic acids is 1. The normalized spacial score (nSPS) is 14.4. The van der Waals surface area contributed by atoms with Crippen molar-refractivity contribution in [1.29, 1.82) is 0 Å². The predicted molar refractivity (Wildman–Crippen MR) is 139 cm³/mol. The summed E-state index contributed by atoms with van der Waals surface area (Å²) in [4.78, 5) is 18.0. The lowest BCUT2D eigenvalue weighted by atomic mass is 9.96. The number of aryl methyl sites for hydroxylation is 1. The van der Waals surface area contributed by atoms with Crippen LogP contribution in [0.5, 0.6) is 0 Å². The highest BCUT2D eigenvalue weighted by Gasteiger charge is 2.29. The Morgan fingerprint density at radius 3 is 1.74 bits per heavy atom. The largest absolute Gasteiger partial charge is 0.336 e. The van der Waals surface area contributed by atoms with E-state index in [4.69, 9.17) is 0 Å². The molecule has 4 aromatic carbocycles. The molecule has 1 fully saturated rings. The van der Waals surface area contributed by atoms with Crippen molar-refractivity contribution in [2.75, 3.05) is 26.2 Å². The second kappa shape index (κ2) is 10.1. The van der Waals surface area contributed by atoms with E-state index in [1.54, 1.807) is 0 Å². The standard InChI is InChI=1S/C31H30N2O/c1-24-17-18-28(25-11-5-2-6-12-25)23-29(24)31(34)33-21-19-32(20-22-33)30(26-13-7-3-8-14-26)27-15-9-4-10-16-27/h2-18,23,30H,19-22H2,1H3. The lowest BCUT2D eigenvalue weighted by molar-refractivity contribution is 0.0596. The summed E-state index contributed by atoms with van der Waals surface area (Å²) < 4.78 is 0. The number of hydrogen-bond acceptors (Lipinski definition) is 2. The van der Waals surface area contributed by atoms with Gasteiger partial charge in [0, 0.05) is 31.7 Å². The molecule has 0 spiro atoms. The van der Waals surface area contributed by atoms with Crippen LogP contribution in [0.3, 0.4) is 0 Å². The third-order valence-corrected chi connectivity index (χ3v) is 6.77. The van der Waals surface area contributed by atoms with Gasteiger partial charge in [0.15, 0.2) is 0 Å². The molecule has 1 aliphatic rings. The summed E-state index contributed by atoms with van der Waals surface area (Å²) in [6.45, 7) is 5.17. The first kappa shape index (κ1) is 22.1. The summed E-state index contributed by atoms with van der Waals surface area (Å²) in [6.07, 6.45) is 0. The first-order valence-electron chi connectivity index (χ1n) is 12.0. The van der Waals surface area contributed by atoms with Crippen molar-refractivity contribution in [2.24, 2.45) is 0 Å². The molecular weight excluding hydrogens is 416 g/mol. The fourth-order valence-electron chi connectivity index (χ4n) is 4.90. The number of carbonyl (C=O) groups is 1. The highest BCUT2D eigenvalue weighted by Crippen LogP contribution is 2.30. The van der Waals surface area contributed by atoms with E-state index in [1.807, 2.05) is 30.0 Å². The van der Waals surface area contributed by atoms with Gasteiger partial charge in [-0.15, -0.1) is 0 Å². The topological polar surface area (TPSA) is 23.6 Å². The van der Waals surface area contributed by atoms with E-state index in [2.05, 4.69) is 95.9 Å². The molecule has 3 heteroatoms. The molecule has 34 heavy (non-hydrogen) atoms. The average Bonchev–Trinajstić information content (AvgIpc) is 2.91. The molecule has 0 unspecified atom stereocenters. The van der Waals surface area contributed by atoms with Gasteiger partial charge in [0.25, 0.3) is 5.91 Å². The summed E-state index contributed by atoms with van der Waals surface area (Å²) >= 11 is 0. The molecule has 0 aliphatic carbocycles. The van der Waals surface area contributed by atoms with Gasteiger partial charge in [-0.2, -0.15) is 0 Å². The molecule has 0 aromatic heterocycles. The predicted octanol–water partition coefficient (Wildman–Crippen LogP) is 6.21. The molecule has 1 heterocycles. The number of benzene rings is 4. The first-order valence-corrected chi connectivity index (χ1v) is 12.0. The Morgan fingerprint density at radius 1 is 0.647 bits per heavy atom. The van der Waals surface area contributed by atoms with E-state index < -0.39 is 0 Å². The van der Waals surface area contributed by atoms with Gasteiger partial charge in [0.05, 0.1) is 6.04 Å². The van der Waals surface area contributed by atoms with Crippen LogP contribution in [0.1, 0.15) is 33.1 Å². The SMILES string of the molecule is Cc1ccc(-c2ccccc2)cc1C(=O)N1CCN(C(c2ccccc2)c2ccccc2)CC1. The maximum absolute atomic E-state index is 13.5. The lowest BCUT2D eigenvalue weighted by Crippen LogP contribution is -2.50. The Labute approximate surface area is 202 Å². The molecule has 5 rings (SSSR count). The molecule has 0 N–H and O–H groups in total. The maximum atomic E-state index is 13.5. The van der Waals surface area contributed by atoms with Gasteiger partial charge >= 0.3 is 0 Å². The second-order valence-corrected chi connectivity index (χ2v) is 8.95. The van der Waals surface area contributed by atoms with Crippen LogP contribution in [0.25, 0.3) is 11.1 Å². The molecule has 1 saturated heterocycles. The lowest BCUT2D eigenvalue weighted by Gasteiger charge is -2.40. The second-order valence-electron chi connectivity index (χ2n) is 8.95. The summed E-state index contributed by atoms with van der Waals surface area (Å²) in [5.41, 5.74) is 6.63. The molecule has 0 bridgehead atoms. The fourth-order valence-corrected chi connectivity index (χ4v) is 4.90. The number of rotatable bonds is 5. The van der Waals surface area contributed by atoms with Crippen LogP contribution in [-0.4, -0.2) is 41.9 Å².